The summed E-state index contributed by atoms with van der Waals surface area (Å²) in [5.74, 6) is 1.83. The number of ether oxygens (including phenoxy) is 1. The number of hydrogen-bond donors (Lipinski definition) is 2. The van der Waals surface area contributed by atoms with E-state index >= 15 is 0 Å². The summed E-state index contributed by atoms with van der Waals surface area (Å²) >= 11 is 1.65. The van der Waals surface area contributed by atoms with E-state index in [4.69, 9.17) is 9.72 Å². The van der Waals surface area contributed by atoms with Gasteiger partial charge in [0.15, 0.2) is 5.13 Å². The van der Waals surface area contributed by atoms with Crippen LogP contribution in [0.25, 0.3) is 10.6 Å². The maximum absolute atomic E-state index is 11.3. The molecule has 0 bridgehead atoms. The molecule has 8 nitrogen and oxygen atoms in total. The molecular weight excluding hydrogens is 424 g/mol. The van der Waals surface area contributed by atoms with Crippen LogP contribution in [-0.4, -0.2) is 54.2 Å². The molecule has 1 fully saturated rings. The Kier molecular flexibility index (Phi) is 7.28. The van der Waals surface area contributed by atoms with E-state index in [1.165, 1.54) is 0 Å². The van der Waals surface area contributed by atoms with Gasteiger partial charge in [0.25, 0.3) is 0 Å². The zero-order chi connectivity index (χ0) is 22.3. The highest BCUT2D eigenvalue weighted by atomic mass is 32.1. The van der Waals surface area contributed by atoms with Gasteiger partial charge >= 0.3 is 0 Å². The molecule has 1 atom stereocenters. The van der Waals surface area contributed by atoms with Gasteiger partial charge in [-0.25, -0.2) is 15.0 Å². The highest BCUT2D eigenvalue weighted by Crippen LogP contribution is 2.33. The van der Waals surface area contributed by atoms with Crippen molar-refractivity contribution < 1.29 is 9.53 Å². The van der Waals surface area contributed by atoms with Gasteiger partial charge in [0.2, 0.25) is 5.91 Å². The molecule has 2 N–H and O–H groups in total. The minimum Gasteiger partial charge on any atom is -0.371 e. The summed E-state index contributed by atoms with van der Waals surface area (Å²) in [7, 11) is 1.62. The van der Waals surface area contributed by atoms with Crippen molar-refractivity contribution in [2.45, 2.75) is 19.8 Å². The van der Waals surface area contributed by atoms with Gasteiger partial charge in [-0.1, -0.05) is 17.4 Å². The van der Waals surface area contributed by atoms with Gasteiger partial charge < -0.3 is 20.3 Å². The standard InChI is InChI=1S/C23H28N6O2S/c1-16-8-9-25-21(11-16)28-20-7-3-6-18(27-20)19-12-26-23(32-19)29-10-4-5-17(13-29)14-31-15-22(30)24-2/h3,6-9,11-12,17H,4-5,10,13-15H2,1-2H3,(H,24,30)(H,25,27,28). The molecule has 4 heterocycles. The van der Waals surface area contributed by atoms with Crippen LogP contribution in [0, 0.1) is 12.8 Å². The Bertz CT molecular complexity index is 1060. The quantitative estimate of drug-likeness (QED) is 0.539. The van der Waals surface area contributed by atoms with E-state index < -0.39 is 0 Å². The predicted octanol–water partition coefficient (Wildman–Crippen LogP) is 3.63. The number of piperidine rings is 1. The number of aryl methyl sites for hydroxylation is 1. The Balaban J connectivity index is 1.39. The van der Waals surface area contributed by atoms with Crippen LogP contribution >= 0.6 is 11.3 Å². The van der Waals surface area contributed by atoms with Crippen molar-refractivity contribution in [3.63, 3.8) is 0 Å². The Morgan fingerprint density at radius 3 is 3.03 bits per heavy atom. The van der Waals surface area contributed by atoms with Crippen molar-refractivity contribution in [3.05, 3.63) is 48.3 Å². The number of aromatic nitrogens is 3. The number of nitrogens with zero attached hydrogens (tertiary/aromatic N) is 4. The van der Waals surface area contributed by atoms with Crippen molar-refractivity contribution in [1.82, 2.24) is 20.3 Å². The van der Waals surface area contributed by atoms with Gasteiger partial charge in [-0.15, -0.1) is 0 Å². The number of rotatable bonds is 8. The largest absolute Gasteiger partial charge is 0.371 e. The molecule has 0 spiro atoms. The molecule has 3 aromatic rings. The fourth-order valence-electron chi connectivity index (χ4n) is 3.67. The lowest BCUT2D eigenvalue weighted by Gasteiger charge is -2.32. The number of carbonyl (C=O) groups is 1. The van der Waals surface area contributed by atoms with E-state index in [2.05, 4.69) is 25.5 Å². The third kappa shape index (κ3) is 5.80. The van der Waals surface area contributed by atoms with Crippen LogP contribution in [0.3, 0.4) is 0 Å². The summed E-state index contributed by atoms with van der Waals surface area (Å²) in [5, 5.41) is 6.85. The highest BCUT2D eigenvalue weighted by Gasteiger charge is 2.23. The normalized spacial score (nSPS) is 16.1. The van der Waals surface area contributed by atoms with Crippen molar-refractivity contribution in [3.8, 4) is 10.6 Å². The van der Waals surface area contributed by atoms with Crippen LogP contribution in [-0.2, 0) is 9.53 Å². The number of pyridine rings is 2. The molecule has 0 radical (unpaired) electrons. The van der Waals surface area contributed by atoms with Gasteiger partial charge in [0.05, 0.1) is 17.2 Å². The zero-order valence-electron chi connectivity index (χ0n) is 18.4. The minimum atomic E-state index is -0.0929. The molecule has 1 aliphatic rings. The Morgan fingerprint density at radius 1 is 1.28 bits per heavy atom. The van der Waals surface area contributed by atoms with Gasteiger partial charge in [-0.2, -0.15) is 0 Å². The molecule has 168 valence electrons. The minimum absolute atomic E-state index is 0.0929. The predicted molar refractivity (Wildman–Crippen MR) is 127 cm³/mol. The summed E-state index contributed by atoms with van der Waals surface area (Å²) in [6.45, 7) is 4.60. The number of nitrogens with one attached hydrogen (secondary N) is 2. The third-order valence-electron chi connectivity index (χ3n) is 5.32. The average Bonchev–Trinajstić information content (AvgIpc) is 3.30. The first kappa shape index (κ1) is 22.2. The maximum Gasteiger partial charge on any atom is 0.245 e. The van der Waals surface area contributed by atoms with Crippen LogP contribution in [0.1, 0.15) is 18.4 Å². The topological polar surface area (TPSA) is 92.3 Å². The van der Waals surface area contributed by atoms with Crippen molar-refractivity contribution >= 4 is 34.0 Å². The molecule has 0 aliphatic carbocycles. The van der Waals surface area contributed by atoms with E-state index in [1.54, 1.807) is 24.6 Å². The van der Waals surface area contributed by atoms with Crippen LogP contribution in [0.15, 0.2) is 42.7 Å². The smallest absolute Gasteiger partial charge is 0.245 e. The number of carbonyl (C=O) groups excluding carboxylic acids is 1. The van der Waals surface area contributed by atoms with E-state index in [1.807, 2.05) is 43.5 Å². The Morgan fingerprint density at radius 2 is 2.19 bits per heavy atom. The molecule has 0 aromatic carbocycles. The van der Waals surface area contributed by atoms with Crippen LogP contribution in [0.5, 0.6) is 0 Å². The van der Waals surface area contributed by atoms with Gasteiger partial charge in [-0.3, -0.25) is 4.79 Å². The highest BCUT2D eigenvalue weighted by molar-refractivity contribution is 7.18. The summed E-state index contributed by atoms with van der Waals surface area (Å²) in [6, 6.07) is 9.87. The number of anilines is 3. The van der Waals surface area contributed by atoms with Crippen LogP contribution in [0.2, 0.25) is 0 Å². The van der Waals surface area contributed by atoms with Crippen LogP contribution < -0.4 is 15.5 Å². The van der Waals surface area contributed by atoms with E-state index in [0.717, 1.165) is 58.8 Å². The number of hydrogen-bond acceptors (Lipinski definition) is 8. The molecule has 1 saturated heterocycles. The second-order valence-corrected chi connectivity index (χ2v) is 8.91. The average molecular weight is 453 g/mol. The second-order valence-electron chi connectivity index (χ2n) is 7.90. The summed E-state index contributed by atoms with van der Waals surface area (Å²) < 4.78 is 5.58. The molecule has 0 saturated carbocycles. The van der Waals surface area contributed by atoms with Gasteiger partial charge in [0.1, 0.15) is 18.2 Å². The molecule has 1 aliphatic heterocycles. The first-order valence-corrected chi connectivity index (χ1v) is 11.6. The lowest BCUT2D eigenvalue weighted by molar-refractivity contribution is -0.125. The third-order valence-corrected chi connectivity index (χ3v) is 6.40. The molecule has 32 heavy (non-hydrogen) atoms. The summed E-state index contributed by atoms with van der Waals surface area (Å²) in [4.78, 5) is 28.4. The van der Waals surface area contributed by atoms with E-state index in [0.29, 0.717) is 12.5 Å². The Hall–Kier alpha value is -3.04. The van der Waals surface area contributed by atoms with E-state index in [9.17, 15) is 4.79 Å². The monoisotopic (exact) mass is 452 g/mol. The van der Waals surface area contributed by atoms with Gasteiger partial charge in [0, 0.05) is 32.5 Å². The number of likely N-dealkylation sites (N-methyl/N-ethyl adjacent to an activating group) is 1. The molecule has 3 aromatic heterocycles. The summed E-state index contributed by atoms with van der Waals surface area (Å²) in [6.07, 6.45) is 5.87. The SMILES string of the molecule is CNC(=O)COCC1CCCN(c2ncc(-c3cccc(Nc4cc(C)ccn4)n3)s2)C1. The zero-order valence-corrected chi connectivity index (χ0v) is 19.2. The van der Waals surface area contributed by atoms with Crippen molar-refractivity contribution in [2.75, 3.05) is 43.6 Å². The summed E-state index contributed by atoms with van der Waals surface area (Å²) in [5.41, 5.74) is 2.03. The fourth-order valence-corrected chi connectivity index (χ4v) is 4.59. The molecule has 1 unspecified atom stereocenters. The molecule has 1 amide bonds. The van der Waals surface area contributed by atoms with Gasteiger partial charge in [-0.05, 0) is 55.5 Å². The first-order chi connectivity index (χ1) is 15.6. The second kappa shape index (κ2) is 10.5. The lowest BCUT2D eigenvalue weighted by atomic mass is 9.99. The fraction of sp³-hybridized carbons (Fsp3) is 0.391. The van der Waals surface area contributed by atoms with E-state index in [-0.39, 0.29) is 12.5 Å². The first-order valence-electron chi connectivity index (χ1n) is 10.8. The number of thiazole rings is 1. The van der Waals surface area contributed by atoms with Crippen LogP contribution in [0.4, 0.5) is 16.8 Å². The molecular formula is C23H28N6O2S. The lowest BCUT2D eigenvalue weighted by Crippen LogP contribution is -2.37. The molecule has 4 rings (SSSR count). The van der Waals surface area contributed by atoms with Crippen molar-refractivity contribution in [1.29, 1.82) is 0 Å². The number of amides is 1. The molecule has 9 heteroatoms. The maximum atomic E-state index is 11.3. The Labute approximate surface area is 192 Å². The van der Waals surface area contributed by atoms with Crippen molar-refractivity contribution in [2.24, 2.45) is 5.92 Å².